The molecule has 1 aliphatic carbocycles. The molecule has 0 spiro atoms. The summed E-state index contributed by atoms with van der Waals surface area (Å²) in [5.41, 5.74) is 2.72. The predicted octanol–water partition coefficient (Wildman–Crippen LogP) is 2.31. The van der Waals surface area contributed by atoms with Crippen molar-refractivity contribution in [3.8, 4) is 0 Å². The van der Waals surface area contributed by atoms with Crippen molar-refractivity contribution < 1.29 is 0 Å². The van der Waals surface area contributed by atoms with E-state index < -0.39 is 0 Å². The van der Waals surface area contributed by atoms with Crippen LogP contribution in [0.5, 0.6) is 0 Å². The van der Waals surface area contributed by atoms with Crippen molar-refractivity contribution in [2.45, 2.75) is 33.0 Å². The Kier molecular flexibility index (Phi) is 3.31. The van der Waals surface area contributed by atoms with Gasteiger partial charge in [0.05, 0.1) is 6.17 Å². The lowest BCUT2D eigenvalue weighted by Gasteiger charge is -2.37. The highest BCUT2D eigenvalue weighted by Gasteiger charge is 2.32. The molecule has 1 N–H and O–H groups in total. The van der Waals surface area contributed by atoms with E-state index in [1.165, 1.54) is 11.1 Å². The molecule has 1 aliphatic heterocycles. The summed E-state index contributed by atoms with van der Waals surface area (Å²) < 4.78 is 0. The van der Waals surface area contributed by atoms with Crippen LogP contribution in [0.25, 0.3) is 0 Å². The van der Waals surface area contributed by atoms with Gasteiger partial charge in [0.15, 0.2) is 0 Å². The third-order valence-corrected chi connectivity index (χ3v) is 3.71. The van der Waals surface area contributed by atoms with Gasteiger partial charge in [0, 0.05) is 19.1 Å². The van der Waals surface area contributed by atoms with Crippen molar-refractivity contribution in [2.75, 3.05) is 13.1 Å². The first-order valence-electron chi connectivity index (χ1n) is 6.15. The molecule has 2 rings (SSSR count). The van der Waals surface area contributed by atoms with Gasteiger partial charge in [-0.2, -0.15) is 0 Å². The molecule has 2 nitrogen and oxygen atoms in total. The highest BCUT2D eigenvalue weighted by molar-refractivity contribution is 5.38. The first-order valence-corrected chi connectivity index (χ1v) is 6.15. The highest BCUT2D eigenvalue weighted by Crippen LogP contribution is 2.29. The predicted molar refractivity (Wildman–Crippen MR) is 69.2 cm³/mol. The number of nitrogens with zero attached hydrogens (tertiary/aromatic N) is 1. The Morgan fingerprint density at radius 2 is 2.25 bits per heavy atom. The number of hydrogen-bond donors (Lipinski definition) is 1. The number of hydrogen-bond acceptors (Lipinski definition) is 2. The number of nitrogens with one attached hydrogen (secondary N) is 1. The lowest BCUT2D eigenvalue weighted by Crippen LogP contribution is -2.45. The molecule has 0 amide bonds. The van der Waals surface area contributed by atoms with E-state index in [4.69, 9.17) is 0 Å². The fourth-order valence-corrected chi connectivity index (χ4v) is 2.99. The Balaban J connectivity index is 2.21. The van der Waals surface area contributed by atoms with Crippen LogP contribution in [0.1, 0.15) is 20.8 Å². The fraction of sp³-hybridized carbons (Fsp3) is 0.571. The van der Waals surface area contributed by atoms with Crippen LogP contribution in [0.2, 0.25) is 0 Å². The molecule has 3 atom stereocenters. The van der Waals surface area contributed by atoms with Crippen LogP contribution in [0.4, 0.5) is 0 Å². The molecular formula is C14H22N2. The molecule has 1 fully saturated rings. The quantitative estimate of drug-likeness (QED) is 0.765. The van der Waals surface area contributed by atoms with Crippen molar-refractivity contribution in [1.29, 1.82) is 0 Å². The van der Waals surface area contributed by atoms with E-state index in [1.54, 1.807) is 0 Å². The maximum absolute atomic E-state index is 3.85. The van der Waals surface area contributed by atoms with Crippen LogP contribution in [0.15, 0.2) is 36.0 Å². The van der Waals surface area contributed by atoms with E-state index in [0.29, 0.717) is 18.1 Å². The average Bonchev–Trinajstić information content (AvgIpc) is 2.64. The van der Waals surface area contributed by atoms with Gasteiger partial charge in [-0.3, -0.25) is 4.90 Å². The molecule has 0 aromatic rings. The van der Waals surface area contributed by atoms with Gasteiger partial charge in [0.1, 0.15) is 0 Å². The Bertz CT molecular complexity index is 341. The van der Waals surface area contributed by atoms with E-state index in [9.17, 15) is 0 Å². The highest BCUT2D eigenvalue weighted by atomic mass is 15.3. The van der Waals surface area contributed by atoms with E-state index in [1.807, 2.05) is 6.08 Å². The normalized spacial score (nSPS) is 35.8. The van der Waals surface area contributed by atoms with Crippen LogP contribution < -0.4 is 5.32 Å². The first kappa shape index (κ1) is 11.6. The maximum atomic E-state index is 3.85. The van der Waals surface area contributed by atoms with Crippen LogP contribution >= 0.6 is 0 Å². The first-order chi connectivity index (χ1) is 7.63. The summed E-state index contributed by atoms with van der Waals surface area (Å²) in [5, 5.41) is 3.49. The Morgan fingerprint density at radius 1 is 1.50 bits per heavy atom. The molecular weight excluding hydrogens is 196 g/mol. The summed E-state index contributed by atoms with van der Waals surface area (Å²) >= 11 is 0. The molecule has 0 aromatic heterocycles. The smallest absolute Gasteiger partial charge is 0.0574 e. The Morgan fingerprint density at radius 3 is 2.75 bits per heavy atom. The van der Waals surface area contributed by atoms with Gasteiger partial charge in [-0.25, -0.2) is 0 Å². The molecule has 1 heterocycles. The van der Waals surface area contributed by atoms with Gasteiger partial charge >= 0.3 is 0 Å². The van der Waals surface area contributed by atoms with Crippen molar-refractivity contribution in [1.82, 2.24) is 10.2 Å². The van der Waals surface area contributed by atoms with Gasteiger partial charge in [-0.05, 0) is 25.3 Å². The molecule has 2 heteroatoms. The summed E-state index contributed by atoms with van der Waals surface area (Å²) in [6.45, 7) is 12.9. The topological polar surface area (TPSA) is 15.3 Å². The molecule has 1 unspecified atom stereocenters. The summed E-state index contributed by atoms with van der Waals surface area (Å²) in [7, 11) is 0. The third-order valence-electron chi connectivity index (χ3n) is 3.71. The van der Waals surface area contributed by atoms with Gasteiger partial charge < -0.3 is 5.32 Å². The standard InChI is InChI=1S/C14H22N2/c1-5-13-8-10(2)14(11(3)9-13)16-7-6-15-12(16)4/h5,8-10,12,14-15H,1,6-7H2,2-4H3/t10-,12?,14-/m1/s1. The molecule has 0 aromatic carbocycles. The van der Waals surface area contributed by atoms with Gasteiger partial charge in [0.25, 0.3) is 0 Å². The van der Waals surface area contributed by atoms with Crippen LogP contribution in [0, 0.1) is 5.92 Å². The Hall–Kier alpha value is -0.860. The van der Waals surface area contributed by atoms with Crippen LogP contribution in [-0.4, -0.2) is 30.2 Å². The summed E-state index contributed by atoms with van der Waals surface area (Å²) in [5.74, 6) is 0.570. The minimum absolute atomic E-state index is 0.495. The second kappa shape index (κ2) is 4.56. The van der Waals surface area contributed by atoms with Gasteiger partial charge in [0.2, 0.25) is 0 Å². The fourth-order valence-electron chi connectivity index (χ4n) is 2.99. The summed E-state index contributed by atoms with van der Waals surface area (Å²) in [6.07, 6.45) is 7.04. The third kappa shape index (κ3) is 2.00. The van der Waals surface area contributed by atoms with E-state index >= 15 is 0 Å². The minimum atomic E-state index is 0.495. The maximum Gasteiger partial charge on any atom is 0.0574 e. The second-order valence-corrected chi connectivity index (χ2v) is 4.93. The summed E-state index contributed by atoms with van der Waals surface area (Å²) in [6, 6.07) is 0.550. The zero-order valence-corrected chi connectivity index (χ0v) is 10.5. The van der Waals surface area contributed by atoms with E-state index in [2.05, 4.69) is 49.7 Å². The molecule has 0 radical (unpaired) electrons. The molecule has 1 saturated heterocycles. The van der Waals surface area contributed by atoms with Crippen LogP contribution in [0.3, 0.4) is 0 Å². The molecule has 88 valence electrons. The van der Waals surface area contributed by atoms with Crippen molar-refractivity contribution >= 4 is 0 Å². The Labute approximate surface area is 98.7 Å². The zero-order valence-electron chi connectivity index (χ0n) is 10.5. The largest absolute Gasteiger partial charge is 0.301 e. The molecule has 2 aliphatic rings. The van der Waals surface area contributed by atoms with Gasteiger partial charge in [-0.1, -0.05) is 37.3 Å². The lowest BCUT2D eigenvalue weighted by molar-refractivity contribution is 0.176. The number of rotatable bonds is 2. The molecule has 16 heavy (non-hydrogen) atoms. The van der Waals surface area contributed by atoms with Crippen molar-refractivity contribution in [2.24, 2.45) is 5.92 Å². The van der Waals surface area contributed by atoms with Crippen LogP contribution in [-0.2, 0) is 0 Å². The van der Waals surface area contributed by atoms with Crippen molar-refractivity contribution in [3.63, 3.8) is 0 Å². The SMILES string of the molecule is C=CC1=C[C@@H](C)[C@@H](N2CCNC2C)C(C)=C1. The molecule has 0 bridgehead atoms. The molecule has 0 saturated carbocycles. The average molecular weight is 218 g/mol. The zero-order chi connectivity index (χ0) is 11.7. The van der Waals surface area contributed by atoms with E-state index in [-0.39, 0.29) is 0 Å². The lowest BCUT2D eigenvalue weighted by atomic mass is 9.86. The monoisotopic (exact) mass is 218 g/mol. The van der Waals surface area contributed by atoms with E-state index in [0.717, 1.165) is 13.1 Å². The minimum Gasteiger partial charge on any atom is -0.301 e. The second-order valence-electron chi connectivity index (χ2n) is 4.93. The van der Waals surface area contributed by atoms with Gasteiger partial charge in [-0.15, -0.1) is 0 Å². The van der Waals surface area contributed by atoms with Crippen molar-refractivity contribution in [3.05, 3.63) is 36.0 Å². The summed E-state index contributed by atoms with van der Waals surface area (Å²) in [4.78, 5) is 2.56. The number of allylic oxidation sites excluding steroid dienone is 3.